The second kappa shape index (κ2) is 10.2. The summed E-state index contributed by atoms with van der Waals surface area (Å²) in [4.78, 5) is 17.8. The van der Waals surface area contributed by atoms with Crippen LogP contribution in [-0.2, 0) is 0 Å². The number of rotatable bonds is 5. The van der Waals surface area contributed by atoms with Crippen molar-refractivity contribution in [3.8, 4) is 0 Å². The standard InChI is InChI=1S/C22H33Cl2N3O/c1-16(18-11-8-12-19(23)21(18)24)25-22(28)27(15-17-9-4-3-5-10-17)20-13-6-7-14-26(20)2/h8,11-12,16-17,20H,3-7,9-10,13-15H2,1-2H3,(H,25,28). The average Bonchev–Trinajstić information content (AvgIpc) is 2.69. The summed E-state index contributed by atoms with van der Waals surface area (Å²) in [6.07, 6.45) is 9.98. The topological polar surface area (TPSA) is 35.6 Å². The maximum Gasteiger partial charge on any atom is 0.319 e. The molecule has 156 valence electrons. The first-order chi connectivity index (χ1) is 13.5. The van der Waals surface area contributed by atoms with Crippen molar-refractivity contribution in [3.05, 3.63) is 33.8 Å². The molecule has 1 heterocycles. The van der Waals surface area contributed by atoms with E-state index in [0.717, 1.165) is 25.1 Å². The number of halogens is 2. The molecule has 1 N–H and O–H groups in total. The number of nitrogens with zero attached hydrogens (tertiary/aromatic N) is 2. The molecule has 0 aromatic heterocycles. The number of carbonyl (C=O) groups is 1. The molecule has 1 aromatic rings. The van der Waals surface area contributed by atoms with E-state index >= 15 is 0 Å². The minimum atomic E-state index is -0.193. The zero-order valence-electron chi connectivity index (χ0n) is 17.1. The normalized spacial score (nSPS) is 22.6. The Morgan fingerprint density at radius 2 is 1.89 bits per heavy atom. The molecule has 1 aromatic carbocycles. The van der Waals surface area contributed by atoms with E-state index in [4.69, 9.17) is 23.2 Å². The van der Waals surface area contributed by atoms with E-state index in [-0.39, 0.29) is 18.2 Å². The van der Waals surface area contributed by atoms with Gasteiger partial charge in [0.1, 0.15) is 0 Å². The van der Waals surface area contributed by atoms with Crippen molar-refractivity contribution in [1.82, 2.24) is 15.1 Å². The van der Waals surface area contributed by atoms with E-state index in [0.29, 0.717) is 16.0 Å². The molecule has 2 unspecified atom stereocenters. The van der Waals surface area contributed by atoms with Crippen molar-refractivity contribution in [2.75, 3.05) is 20.1 Å². The van der Waals surface area contributed by atoms with Crippen LogP contribution in [0.2, 0.25) is 10.0 Å². The summed E-state index contributed by atoms with van der Waals surface area (Å²) < 4.78 is 0. The Hall–Kier alpha value is -0.970. The number of amides is 2. The number of hydrogen-bond donors (Lipinski definition) is 1. The molecule has 2 amide bonds. The summed E-state index contributed by atoms with van der Waals surface area (Å²) in [5.41, 5.74) is 0.858. The predicted octanol–water partition coefficient (Wildman–Crippen LogP) is 6.09. The van der Waals surface area contributed by atoms with Gasteiger partial charge in [-0.25, -0.2) is 4.79 Å². The molecule has 4 nitrogen and oxygen atoms in total. The average molecular weight is 426 g/mol. The monoisotopic (exact) mass is 425 g/mol. The van der Waals surface area contributed by atoms with Gasteiger partial charge in [0.15, 0.2) is 0 Å². The first kappa shape index (κ1) is 21.7. The van der Waals surface area contributed by atoms with Crippen LogP contribution in [0.15, 0.2) is 18.2 Å². The molecule has 2 aliphatic rings. The number of benzene rings is 1. The molecule has 28 heavy (non-hydrogen) atoms. The number of hydrogen-bond acceptors (Lipinski definition) is 2. The van der Waals surface area contributed by atoms with Crippen molar-refractivity contribution >= 4 is 29.2 Å². The molecule has 2 fully saturated rings. The Labute approximate surface area is 179 Å². The van der Waals surface area contributed by atoms with Crippen LogP contribution in [0.5, 0.6) is 0 Å². The van der Waals surface area contributed by atoms with Crippen molar-refractivity contribution in [3.63, 3.8) is 0 Å². The highest BCUT2D eigenvalue weighted by molar-refractivity contribution is 6.42. The molecule has 0 radical (unpaired) electrons. The lowest BCUT2D eigenvalue weighted by molar-refractivity contribution is 0.0416. The molecule has 1 saturated heterocycles. The van der Waals surface area contributed by atoms with E-state index in [2.05, 4.69) is 22.2 Å². The third-order valence-electron chi connectivity index (χ3n) is 6.32. The van der Waals surface area contributed by atoms with Gasteiger partial charge in [-0.2, -0.15) is 0 Å². The van der Waals surface area contributed by atoms with Crippen LogP contribution < -0.4 is 5.32 Å². The van der Waals surface area contributed by atoms with Gasteiger partial charge in [0.2, 0.25) is 0 Å². The van der Waals surface area contributed by atoms with E-state index in [9.17, 15) is 4.79 Å². The zero-order valence-corrected chi connectivity index (χ0v) is 18.6. The van der Waals surface area contributed by atoms with Crippen LogP contribution in [0.3, 0.4) is 0 Å². The van der Waals surface area contributed by atoms with Gasteiger partial charge in [-0.1, -0.05) is 54.6 Å². The van der Waals surface area contributed by atoms with Gasteiger partial charge < -0.3 is 10.2 Å². The minimum absolute atomic E-state index is 0.00728. The van der Waals surface area contributed by atoms with Crippen molar-refractivity contribution < 1.29 is 4.79 Å². The van der Waals surface area contributed by atoms with Gasteiger partial charge in [0.05, 0.1) is 22.3 Å². The quantitative estimate of drug-likeness (QED) is 0.619. The third kappa shape index (κ3) is 5.34. The number of urea groups is 1. The molecular weight excluding hydrogens is 393 g/mol. The summed E-state index contributed by atoms with van der Waals surface area (Å²) >= 11 is 12.5. The molecule has 1 aliphatic carbocycles. The van der Waals surface area contributed by atoms with E-state index in [1.54, 1.807) is 6.07 Å². The Morgan fingerprint density at radius 3 is 2.61 bits per heavy atom. The number of nitrogens with one attached hydrogen (secondary N) is 1. The number of likely N-dealkylation sites (tertiary alicyclic amines) is 1. The molecule has 0 spiro atoms. The Balaban J connectivity index is 1.74. The van der Waals surface area contributed by atoms with Gasteiger partial charge in [0.25, 0.3) is 0 Å². The third-order valence-corrected chi connectivity index (χ3v) is 7.15. The van der Waals surface area contributed by atoms with E-state index in [1.165, 1.54) is 44.9 Å². The Kier molecular flexibility index (Phi) is 7.90. The fourth-order valence-electron chi connectivity index (χ4n) is 4.64. The maximum atomic E-state index is 13.4. The molecule has 2 atom stereocenters. The summed E-state index contributed by atoms with van der Waals surface area (Å²) in [6.45, 7) is 3.87. The summed E-state index contributed by atoms with van der Waals surface area (Å²) in [5.74, 6) is 0.611. The molecule has 1 aliphatic heterocycles. The van der Waals surface area contributed by atoms with Crippen molar-refractivity contribution in [2.24, 2.45) is 5.92 Å². The summed E-state index contributed by atoms with van der Waals surface area (Å²) in [6, 6.07) is 5.39. The van der Waals surface area contributed by atoms with Gasteiger partial charge in [-0.05, 0) is 70.2 Å². The number of carbonyl (C=O) groups excluding carboxylic acids is 1. The molecule has 3 rings (SSSR count). The highest BCUT2D eigenvalue weighted by Gasteiger charge is 2.32. The van der Waals surface area contributed by atoms with Crippen LogP contribution in [0.1, 0.15) is 69.9 Å². The lowest BCUT2D eigenvalue weighted by Gasteiger charge is -2.43. The van der Waals surface area contributed by atoms with E-state index in [1.807, 2.05) is 19.1 Å². The second-order valence-electron chi connectivity index (χ2n) is 8.43. The van der Waals surface area contributed by atoms with Crippen LogP contribution >= 0.6 is 23.2 Å². The zero-order chi connectivity index (χ0) is 20.1. The van der Waals surface area contributed by atoms with Gasteiger partial charge >= 0.3 is 6.03 Å². The molecule has 6 heteroatoms. The fourth-order valence-corrected chi connectivity index (χ4v) is 5.11. The van der Waals surface area contributed by atoms with Crippen LogP contribution in [0.4, 0.5) is 4.79 Å². The maximum absolute atomic E-state index is 13.4. The lowest BCUT2D eigenvalue weighted by atomic mass is 9.88. The molecule has 1 saturated carbocycles. The number of piperidine rings is 1. The Bertz CT molecular complexity index is 663. The van der Waals surface area contributed by atoms with Crippen molar-refractivity contribution in [1.29, 1.82) is 0 Å². The smallest absolute Gasteiger partial charge is 0.319 e. The SMILES string of the molecule is CC(NC(=O)N(CC1CCCCC1)C1CCCCN1C)c1cccc(Cl)c1Cl. The first-order valence-electron chi connectivity index (χ1n) is 10.7. The van der Waals surface area contributed by atoms with Crippen molar-refractivity contribution in [2.45, 2.75) is 70.5 Å². The fraction of sp³-hybridized carbons (Fsp3) is 0.682. The van der Waals surface area contributed by atoms with Gasteiger partial charge in [0, 0.05) is 6.54 Å². The van der Waals surface area contributed by atoms with Gasteiger partial charge in [-0.15, -0.1) is 0 Å². The summed E-state index contributed by atoms with van der Waals surface area (Å²) in [5, 5.41) is 4.23. The van der Waals surface area contributed by atoms with E-state index < -0.39 is 0 Å². The summed E-state index contributed by atoms with van der Waals surface area (Å²) in [7, 11) is 2.14. The Morgan fingerprint density at radius 1 is 1.18 bits per heavy atom. The largest absolute Gasteiger partial charge is 0.331 e. The van der Waals surface area contributed by atoms with Crippen LogP contribution in [-0.4, -0.2) is 42.1 Å². The lowest BCUT2D eigenvalue weighted by Crippen LogP contribution is -2.56. The van der Waals surface area contributed by atoms with Crippen LogP contribution in [0, 0.1) is 5.92 Å². The highest BCUT2D eigenvalue weighted by Crippen LogP contribution is 2.31. The molecule has 0 bridgehead atoms. The van der Waals surface area contributed by atoms with Crippen LogP contribution in [0.25, 0.3) is 0 Å². The van der Waals surface area contributed by atoms with Gasteiger partial charge in [-0.3, -0.25) is 4.90 Å². The highest BCUT2D eigenvalue weighted by atomic mass is 35.5. The first-order valence-corrected chi connectivity index (χ1v) is 11.4. The minimum Gasteiger partial charge on any atom is -0.331 e. The molecular formula is C22H33Cl2N3O. The predicted molar refractivity (Wildman–Crippen MR) is 117 cm³/mol. The second-order valence-corrected chi connectivity index (χ2v) is 9.21.